The Kier molecular flexibility index (Phi) is 6.95. The quantitative estimate of drug-likeness (QED) is 0.652. The molecular weight excluding hydrogens is 424 g/mol. The number of sulfone groups is 1. The van der Waals surface area contributed by atoms with E-state index < -0.39 is 27.5 Å². The number of thiophene rings is 1. The van der Waals surface area contributed by atoms with E-state index in [2.05, 4.69) is 24.1 Å². The summed E-state index contributed by atoms with van der Waals surface area (Å²) in [6.45, 7) is 7.66. The topological polar surface area (TPSA) is 92.8 Å². The van der Waals surface area contributed by atoms with Crippen LogP contribution in [0.3, 0.4) is 0 Å². The van der Waals surface area contributed by atoms with E-state index in [9.17, 15) is 18.0 Å². The van der Waals surface area contributed by atoms with E-state index in [0.29, 0.717) is 29.6 Å². The zero-order valence-corrected chi connectivity index (χ0v) is 18.9. The maximum absolute atomic E-state index is 12.6. The van der Waals surface area contributed by atoms with E-state index in [4.69, 9.17) is 4.74 Å². The first-order valence-corrected chi connectivity index (χ1v) is 12.3. The number of rotatable bonds is 7. The lowest BCUT2D eigenvalue weighted by molar-refractivity contribution is -0.113. The molecule has 1 aliphatic heterocycles. The summed E-state index contributed by atoms with van der Waals surface area (Å²) >= 11 is 1.32. The minimum absolute atomic E-state index is 0.0869. The minimum atomic E-state index is -3.78. The number of nitrogens with one attached hydrogen (secondary N) is 1. The Balaban J connectivity index is 1.86. The summed E-state index contributed by atoms with van der Waals surface area (Å²) in [6, 6.07) is 8.20. The SMILES string of the molecule is CCOC(=O)c1c(NC(=O)CS(=O)(=O)c2ccccc2)sc2c1CCN(C(C)C)C2. The fourth-order valence-electron chi connectivity index (χ4n) is 3.42. The third kappa shape index (κ3) is 4.91. The average Bonchev–Trinajstić information content (AvgIpc) is 3.05. The first-order valence-electron chi connectivity index (χ1n) is 9.86. The molecule has 0 atom stereocenters. The van der Waals surface area contributed by atoms with Gasteiger partial charge in [-0.2, -0.15) is 0 Å². The fraction of sp³-hybridized carbons (Fsp3) is 0.429. The number of anilines is 1. The van der Waals surface area contributed by atoms with Crippen molar-refractivity contribution in [2.45, 2.75) is 44.7 Å². The highest BCUT2D eigenvalue weighted by Gasteiger charge is 2.31. The molecule has 1 N–H and O–H groups in total. The maximum Gasteiger partial charge on any atom is 0.341 e. The van der Waals surface area contributed by atoms with Crippen molar-refractivity contribution in [3.05, 3.63) is 46.3 Å². The van der Waals surface area contributed by atoms with Gasteiger partial charge in [-0.15, -0.1) is 11.3 Å². The number of carbonyl (C=O) groups is 2. The lowest BCUT2D eigenvalue weighted by Gasteiger charge is -2.30. The number of fused-ring (bicyclic) bond motifs is 1. The zero-order chi connectivity index (χ0) is 21.9. The minimum Gasteiger partial charge on any atom is -0.462 e. The Labute approximate surface area is 181 Å². The van der Waals surface area contributed by atoms with E-state index >= 15 is 0 Å². The first-order chi connectivity index (χ1) is 14.2. The predicted octanol–water partition coefficient (Wildman–Crippen LogP) is 3.10. The van der Waals surface area contributed by atoms with Crippen molar-refractivity contribution in [1.29, 1.82) is 0 Å². The van der Waals surface area contributed by atoms with Gasteiger partial charge < -0.3 is 10.1 Å². The van der Waals surface area contributed by atoms with Crippen molar-refractivity contribution < 1.29 is 22.7 Å². The van der Waals surface area contributed by atoms with Gasteiger partial charge in [0.05, 0.1) is 17.1 Å². The molecule has 1 aliphatic rings. The Hall–Kier alpha value is -2.23. The van der Waals surface area contributed by atoms with Gasteiger partial charge in [0, 0.05) is 24.0 Å². The van der Waals surface area contributed by atoms with Crippen molar-refractivity contribution >= 4 is 38.1 Å². The van der Waals surface area contributed by atoms with Gasteiger partial charge in [-0.1, -0.05) is 18.2 Å². The molecule has 7 nitrogen and oxygen atoms in total. The fourth-order valence-corrected chi connectivity index (χ4v) is 5.85. The molecule has 0 unspecified atom stereocenters. The maximum atomic E-state index is 12.6. The molecule has 0 spiro atoms. The average molecular weight is 451 g/mol. The van der Waals surface area contributed by atoms with Crippen molar-refractivity contribution in [1.82, 2.24) is 4.90 Å². The van der Waals surface area contributed by atoms with Crippen molar-refractivity contribution in [3.63, 3.8) is 0 Å². The predicted molar refractivity (Wildman–Crippen MR) is 117 cm³/mol. The molecule has 0 fully saturated rings. The summed E-state index contributed by atoms with van der Waals surface area (Å²) in [5, 5.41) is 3.02. The van der Waals surface area contributed by atoms with E-state index in [0.717, 1.165) is 17.0 Å². The van der Waals surface area contributed by atoms with E-state index in [1.165, 1.54) is 23.5 Å². The number of benzene rings is 1. The Morgan fingerprint density at radius 1 is 1.23 bits per heavy atom. The van der Waals surface area contributed by atoms with Gasteiger partial charge >= 0.3 is 5.97 Å². The van der Waals surface area contributed by atoms with Crippen LogP contribution < -0.4 is 5.32 Å². The van der Waals surface area contributed by atoms with Gasteiger partial charge in [-0.05, 0) is 44.9 Å². The molecule has 2 aromatic rings. The van der Waals surface area contributed by atoms with Gasteiger partial charge in [0.15, 0.2) is 9.84 Å². The van der Waals surface area contributed by atoms with Crippen LogP contribution in [0.1, 0.15) is 41.6 Å². The summed E-state index contributed by atoms with van der Waals surface area (Å²) in [4.78, 5) is 28.6. The number of carbonyl (C=O) groups excluding carboxylic acids is 2. The van der Waals surface area contributed by atoms with Gasteiger partial charge in [-0.25, -0.2) is 13.2 Å². The Bertz CT molecular complexity index is 1030. The summed E-state index contributed by atoms with van der Waals surface area (Å²) in [7, 11) is -3.78. The molecule has 1 aromatic carbocycles. The van der Waals surface area contributed by atoms with Crippen molar-refractivity contribution in [2.75, 3.05) is 24.2 Å². The molecule has 3 rings (SSSR count). The standard InChI is InChI=1S/C21H26N2O5S2/c1-4-28-21(25)19-16-10-11-23(14(2)3)12-17(16)29-20(19)22-18(24)13-30(26,27)15-8-6-5-7-9-15/h5-9,14H,4,10-13H2,1-3H3,(H,22,24). The summed E-state index contributed by atoms with van der Waals surface area (Å²) < 4.78 is 30.2. The van der Waals surface area contributed by atoms with Crippen LogP contribution in [0.4, 0.5) is 5.00 Å². The number of nitrogens with zero attached hydrogens (tertiary/aromatic N) is 1. The van der Waals surface area contributed by atoms with Crippen LogP contribution in [0.25, 0.3) is 0 Å². The molecule has 0 saturated heterocycles. The second-order valence-corrected chi connectivity index (χ2v) is 10.5. The second kappa shape index (κ2) is 9.28. The van der Waals surface area contributed by atoms with Gasteiger partial charge in [-0.3, -0.25) is 9.69 Å². The van der Waals surface area contributed by atoms with E-state index in [1.54, 1.807) is 25.1 Å². The molecule has 2 heterocycles. The molecular formula is C21H26N2O5S2. The smallest absolute Gasteiger partial charge is 0.341 e. The van der Waals surface area contributed by atoms with Crippen LogP contribution in [0.2, 0.25) is 0 Å². The molecule has 0 aliphatic carbocycles. The Morgan fingerprint density at radius 3 is 2.57 bits per heavy atom. The molecule has 30 heavy (non-hydrogen) atoms. The summed E-state index contributed by atoms with van der Waals surface area (Å²) in [5.74, 6) is -1.86. The lowest BCUT2D eigenvalue weighted by Crippen LogP contribution is -2.35. The second-order valence-electron chi connectivity index (χ2n) is 7.36. The Morgan fingerprint density at radius 2 is 1.93 bits per heavy atom. The monoisotopic (exact) mass is 450 g/mol. The highest BCUT2D eigenvalue weighted by atomic mass is 32.2. The highest BCUT2D eigenvalue weighted by Crippen LogP contribution is 2.38. The molecule has 162 valence electrons. The van der Waals surface area contributed by atoms with Crippen LogP contribution in [0.15, 0.2) is 35.2 Å². The summed E-state index contributed by atoms with van der Waals surface area (Å²) in [5.41, 5.74) is 1.24. The molecule has 1 aromatic heterocycles. The first kappa shape index (κ1) is 22.5. The molecule has 0 radical (unpaired) electrons. The van der Waals surface area contributed by atoms with Gasteiger partial charge in [0.1, 0.15) is 10.8 Å². The molecule has 1 amide bonds. The van der Waals surface area contributed by atoms with E-state index in [-0.39, 0.29) is 11.5 Å². The zero-order valence-electron chi connectivity index (χ0n) is 17.3. The van der Waals surface area contributed by atoms with Crippen molar-refractivity contribution in [3.8, 4) is 0 Å². The number of amides is 1. The molecule has 9 heteroatoms. The van der Waals surface area contributed by atoms with Crippen LogP contribution in [0.5, 0.6) is 0 Å². The lowest BCUT2D eigenvalue weighted by atomic mass is 10.0. The van der Waals surface area contributed by atoms with Crippen LogP contribution in [-0.4, -0.2) is 50.1 Å². The number of hydrogen-bond acceptors (Lipinski definition) is 7. The van der Waals surface area contributed by atoms with E-state index in [1.807, 2.05) is 0 Å². The number of esters is 1. The third-order valence-electron chi connectivity index (χ3n) is 4.97. The van der Waals surface area contributed by atoms with Crippen LogP contribution in [-0.2, 0) is 32.3 Å². The van der Waals surface area contributed by atoms with Crippen LogP contribution >= 0.6 is 11.3 Å². The third-order valence-corrected chi connectivity index (χ3v) is 7.74. The largest absolute Gasteiger partial charge is 0.462 e. The highest BCUT2D eigenvalue weighted by molar-refractivity contribution is 7.92. The van der Waals surface area contributed by atoms with Gasteiger partial charge in [0.25, 0.3) is 0 Å². The number of hydrogen-bond donors (Lipinski definition) is 1. The van der Waals surface area contributed by atoms with Crippen LogP contribution in [0, 0.1) is 0 Å². The normalized spacial score (nSPS) is 14.4. The summed E-state index contributed by atoms with van der Waals surface area (Å²) in [6.07, 6.45) is 0.677. The molecule has 0 saturated carbocycles. The van der Waals surface area contributed by atoms with Crippen molar-refractivity contribution in [2.24, 2.45) is 0 Å². The molecule has 0 bridgehead atoms. The number of ether oxygens (including phenoxy) is 1. The van der Waals surface area contributed by atoms with Gasteiger partial charge in [0.2, 0.25) is 5.91 Å².